The smallest absolute Gasteiger partial charge is 0.250 e. The molecule has 0 aliphatic carbocycles. The van der Waals surface area contributed by atoms with Crippen LogP contribution in [0.2, 0.25) is 0 Å². The third kappa shape index (κ3) is 7.31. The Morgan fingerprint density at radius 2 is 1.56 bits per heavy atom. The quantitative estimate of drug-likeness (QED) is 0.210. The maximum atomic E-state index is 4.77. The molecule has 0 spiro atoms. The van der Waals surface area contributed by atoms with Crippen molar-refractivity contribution in [2.75, 3.05) is 47.7 Å². The van der Waals surface area contributed by atoms with E-state index in [-0.39, 0.29) is 0 Å². The van der Waals surface area contributed by atoms with Crippen molar-refractivity contribution in [2.24, 2.45) is 11.0 Å². The number of nitrogens with one attached hydrogen (secondary N) is 2. The zero-order chi connectivity index (χ0) is 27.0. The highest BCUT2D eigenvalue weighted by Gasteiger charge is 2.22. The lowest BCUT2D eigenvalue weighted by molar-refractivity contribution is 0.400. The number of hydrogen-bond donors (Lipinski definition) is 2. The Hall–Kier alpha value is -4.46. The van der Waals surface area contributed by atoms with Crippen LogP contribution in [0.4, 0.5) is 29.2 Å². The van der Waals surface area contributed by atoms with Gasteiger partial charge < -0.3 is 15.1 Å². The average molecular weight is 521 g/mol. The predicted octanol–water partition coefficient (Wildman–Crippen LogP) is 5.89. The molecule has 3 aromatic carbocycles. The molecule has 1 saturated heterocycles. The van der Waals surface area contributed by atoms with Crippen LogP contribution in [0.3, 0.4) is 0 Å². The van der Waals surface area contributed by atoms with E-state index in [0.717, 1.165) is 49.3 Å². The maximum Gasteiger partial charge on any atom is 0.250 e. The zero-order valence-electron chi connectivity index (χ0n) is 22.9. The van der Waals surface area contributed by atoms with Crippen molar-refractivity contribution in [2.45, 2.75) is 26.2 Å². The molecule has 0 atom stereocenters. The highest BCUT2D eigenvalue weighted by molar-refractivity contribution is 5.80. The first-order chi connectivity index (χ1) is 19.0. The number of benzene rings is 3. The Kier molecular flexibility index (Phi) is 8.31. The minimum atomic E-state index is 0.405. The van der Waals surface area contributed by atoms with E-state index in [0.29, 0.717) is 23.8 Å². The Labute approximate surface area is 230 Å². The van der Waals surface area contributed by atoms with Crippen LogP contribution in [0.25, 0.3) is 0 Å². The van der Waals surface area contributed by atoms with Crippen molar-refractivity contribution >= 4 is 35.4 Å². The summed E-state index contributed by atoms with van der Waals surface area (Å²) in [5, 5.41) is 7.74. The highest BCUT2D eigenvalue weighted by Crippen LogP contribution is 2.26. The molecule has 2 heterocycles. The van der Waals surface area contributed by atoms with E-state index in [4.69, 9.17) is 9.97 Å². The molecule has 200 valence electrons. The van der Waals surface area contributed by atoms with Crippen LogP contribution in [0, 0.1) is 12.8 Å². The van der Waals surface area contributed by atoms with E-state index >= 15 is 0 Å². The molecular weight excluding hydrogens is 484 g/mol. The molecule has 0 amide bonds. The van der Waals surface area contributed by atoms with Crippen molar-refractivity contribution in [1.82, 2.24) is 15.0 Å². The second kappa shape index (κ2) is 12.4. The molecule has 1 aliphatic heterocycles. The molecule has 8 nitrogen and oxygen atoms in total. The lowest BCUT2D eigenvalue weighted by atomic mass is 9.90. The summed E-state index contributed by atoms with van der Waals surface area (Å²) in [6, 6.07) is 27.1. The minimum Gasteiger partial charge on any atom is -0.378 e. The van der Waals surface area contributed by atoms with Gasteiger partial charge in [-0.25, -0.2) is 5.43 Å². The third-order valence-electron chi connectivity index (χ3n) is 6.98. The minimum absolute atomic E-state index is 0.405. The number of rotatable bonds is 9. The van der Waals surface area contributed by atoms with Crippen molar-refractivity contribution in [3.05, 3.63) is 95.6 Å². The van der Waals surface area contributed by atoms with Crippen molar-refractivity contribution in [3.8, 4) is 0 Å². The molecule has 0 bridgehead atoms. The lowest BCUT2D eigenvalue weighted by Gasteiger charge is -2.32. The highest BCUT2D eigenvalue weighted by atomic mass is 15.4. The summed E-state index contributed by atoms with van der Waals surface area (Å²) in [4.78, 5) is 18.4. The van der Waals surface area contributed by atoms with Gasteiger partial charge in [-0.2, -0.15) is 20.1 Å². The zero-order valence-corrected chi connectivity index (χ0v) is 22.9. The number of anilines is 5. The van der Waals surface area contributed by atoms with E-state index in [1.54, 1.807) is 6.21 Å². The van der Waals surface area contributed by atoms with Crippen LogP contribution in [-0.2, 0) is 6.42 Å². The van der Waals surface area contributed by atoms with Gasteiger partial charge in [0.1, 0.15) is 0 Å². The van der Waals surface area contributed by atoms with Crippen LogP contribution in [0.1, 0.15) is 29.5 Å². The Morgan fingerprint density at radius 1 is 0.872 bits per heavy atom. The molecule has 0 unspecified atom stereocenters. The van der Waals surface area contributed by atoms with E-state index in [9.17, 15) is 0 Å². The lowest BCUT2D eigenvalue weighted by Crippen LogP contribution is -2.35. The Bertz CT molecular complexity index is 1360. The molecule has 1 aromatic heterocycles. The fourth-order valence-electron chi connectivity index (χ4n) is 4.69. The third-order valence-corrected chi connectivity index (χ3v) is 6.98. The molecule has 2 N–H and O–H groups in total. The fraction of sp³-hybridized carbons (Fsp3) is 0.290. The SMILES string of the molecule is Cc1ccc(Nc2nc(NN=Cc3ccc(N(C)C)cc3)nc(N3CCC(Cc4ccccc4)CC3)n2)cc1. The molecule has 1 fully saturated rings. The molecule has 5 rings (SSSR count). The number of aromatic nitrogens is 3. The summed E-state index contributed by atoms with van der Waals surface area (Å²) < 4.78 is 0. The topological polar surface area (TPSA) is 81.6 Å². The number of piperidine rings is 1. The summed E-state index contributed by atoms with van der Waals surface area (Å²) >= 11 is 0. The van der Waals surface area contributed by atoms with Gasteiger partial charge in [0.25, 0.3) is 0 Å². The van der Waals surface area contributed by atoms with Gasteiger partial charge in [0, 0.05) is 38.6 Å². The van der Waals surface area contributed by atoms with Gasteiger partial charge in [-0.1, -0.05) is 60.2 Å². The second-order valence-electron chi connectivity index (χ2n) is 10.2. The van der Waals surface area contributed by atoms with Gasteiger partial charge in [-0.05, 0) is 67.5 Å². The monoisotopic (exact) mass is 520 g/mol. The number of hydrogen-bond acceptors (Lipinski definition) is 8. The largest absolute Gasteiger partial charge is 0.378 e. The van der Waals surface area contributed by atoms with Gasteiger partial charge >= 0.3 is 0 Å². The summed E-state index contributed by atoms with van der Waals surface area (Å²) in [6.07, 6.45) is 5.09. The molecule has 0 radical (unpaired) electrons. The van der Waals surface area contributed by atoms with E-state index in [2.05, 4.69) is 92.1 Å². The first-order valence-corrected chi connectivity index (χ1v) is 13.5. The maximum absolute atomic E-state index is 4.77. The Morgan fingerprint density at radius 3 is 2.26 bits per heavy atom. The van der Waals surface area contributed by atoms with Crippen LogP contribution in [-0.4, -0.2) is 48.4 Å². The van der Waals surface area contributed by atoms with E-state index in [1.807, 2.05) is 38.4 Å². The summed E-state index contributed by atoms with van der Waals surface area (Å²) in [6.45, 7) is 3.89. The van der Waals surface area contributed by atoms with Gasteiger partial charge in [-0.15, -0.1) is 0 Å². The van der Waals surface area contributed by atoms with Crippen molar-refractivity contribution < 1.29 is 0 Å². The normalized spacial score (nSPS) is 14.0. The number of nitrogens with zero attached hydrogens (tertiary/aromatic N) is 6. The average Bonchev–Trinajstić information content (AvgIpc) is 2.95. The second-order valence-corrected chi connectivity index (χ2v) is 10.2. The van der Waals surface area contributed by atoms with Gasteiger partial charge in [0.15, 0.2) is 0 Å². The summed E-state index contributed by atoms with van der Waals surface area (Å²) in [5.41, 5.74) is 8.67. The van der Waals surface area contributed by atoms with Crippen LogP contribution < -0.4 is 20.5 Å². The van der Waals surface area contributed by atoms with Crippen LogP contribution in [0.5, 0.6) is 0 Å². The van der Waals surface area contributed by atoms with Crippen LogP contribution >= 0.6 is 0 Å². The standard InChI is InChI=1S/C31H36N8/c1-23-9-13-27(14-10-23)33-29-34-30(37-32-22-26-11-15-28(16-12-26)38(2)3)36-31(35-29)39-19-17-25(18-20-39)21-24-7-5-4-6-8-24/h4-16,22,25H,17-21H2,1-3H3,(H2,33,34,35,36,37). The first-order valence-electron chi connectivity index (χ1n) is 13.5. The van der Waals surface area contributed by atoms with Crippen molar-refractivity contribution in [3.63, 3.8) is 0 Å². The molecule has 8 heteroatoms. The Balaban J connectivity index is 1.30. The molecule has 1 aliphatic rings. The molecular formula is C31H36N8. The number of aryl methyl sites for hydroxylation is 1. The predicted molar refractivity (Wildman–Crippen MR) is 161 cm³/mol. The van der Waals surface area contributed by atoms with Gasteiger partial charge in [-0.3, -0.25) is 0 Å². The van der Waals surface area contributed by atoms with Gasteiger partial charge in [0.2, 0.25) is 17.8 Å². The van der Waals surface area contributed by atoms with E-state index in [1.165, 1.54) is 11.1 Å². The summed E-state index contributed by atoms with van der Waals surface area (Å²) in [7, 11) is 4.05. The van der Waals surface area contributed by atoms with E-state index < -0.39 is 0 Å². The van der Waals surface area contributed by atoms with Crippen molar-refractivity contribution in [1.29, 1.82) is 0 Å². The first kappa shape index (κ1) is 26.2. The summed E-state index contributed by atoms with van der Waals surface area (Å²) in [5.74, 6) is 2.22. The van der Waals surface area contributed by atoms with Gasteiger partial charge in [0.05, 0.1) is 6.21 Å². The molecule has 39 heavy (non-hydrogen) atoms. The number of hydrazone groups is 1. The molecule has 4 aromatic rings. The molecule has 0 saturated carbocycles. The fourth-order valence-corrected chi connectivity index (χ4v) is 4.69. The van der Waals surface area contributed by atoms with Crippen LogP contribution in [0.15, 0.2) is 84.0 Å².